The summed E-state index contributed by atoms with van der Waals surface area (Å²) in [6, 6.07) is 7.04. The molecule has 23 heavy (non-hydrogen) atoms. The topological polar surface area (TPSA) is 58.6 Å². The molecule has 2 amide bonds. The Morgan fingerprint density at radius 3 is 2.87 bits per heavy atom. The molecule has 0 radical (unpaired) electrons. The number of benzene rings is 1. The smallest absolute Gasteiger partial charge is 0.254 e. The highest BCUT2D eigenvalue weighted by atomic mass is 35.5. The zero-order chi connectivity index (χ0) is 16.8. The molecule has 1 fully saturated rings. The van der Waals surface area contributed by atoms with Crippen LogP contribution in [-0.2, 0) is 9.53 Å². The zero-order valence-corrected chi connectivity index (χ0v) is 14.3. The van der Waals surface area contributed by atoms with E-state index in [2.05, 4.69) is 5.32 Å². The number of carbonyl (C=O) groups excluding carboxylic acids is 2. The number of ether oxygens (including phenoxy) is 1. The number of nitrogens with zero attached hydrogens (tertiary/aromatic N) is 1. The minimum absolute atomic E-state index is 0.0159. The molecule has 1 saturated heterocycles. The van der Waals surface area contributed by atoms with Gasteiger partial charge in [-0.1, -0.05) is 17.7 Å². The molecular weight excluding hydrogens is 316 g/mol. The predicted octanol–water partition coefficient (Wildman–Crippen LogP) is 2.34. The first-order chi connectivity index (χ1) is 11.0. The van der Waals surface area contributed by atoms with E-state index >= 15 is 0 Å². The maximum absolute atomic E-state index is 12.7. The van der Waals surface area contributed by atoms with Crippen LogP contribution in [0, 0.1) is 5.92 Å². The van der Waals surface area contributed by atoms with Crippen LogP contribution in [0.5, 0.6) is 0 Å². The van der Waals surface area contributed by atoms with Gasteiger partial charge in [0.25, 0.3) is 5.91 Å². The largest absolute Gasteiger partial charge is 0.383 e. The van der Waals surface area contributed by atoms with Crippen molar-refractivity contribution in [2.24, 2.45) is 5.92 Å². The maximum Gasteiger partial charge on any atom is 0.254 e. The van der Waals surface area contributed by atoms with E-state index in [9.17, 15) is 9.59 Å². The van der Waals surface area contributed by atoms with Crippen molar-refractivity contribution in [2.75, 3.05) is 26.8 Å². The summed E-state index contributed by atoms with van der Waals surface area (Å²) in [4.78, 5) is 26.7. The first-order valence-electron chi connectivity index (χ1n) is 7.86. The molecule has 6 heteroatoms. The second-order valence-electron chi connectivity index (χ2n) is 5.87. The molecule has 1 heterocycles. The van der Waals surface area contributed by atoms with Gasteiger partial charge in [-0.25, -0.2) is 0 Å². The molecule has 0 aromatic heterocycles. The second-order valence-corrected chi connectivity index (χ2v) is 6.31. The van der Waals surface area contributed by atoms with Crippen molar-refractivity contribution in [2.45, 2.75) is 25.8 Å². The van der Waals surface area contributed by atoms with Crippen molar-refractivity contribution < 1.29 is 14.3 Å². The average molecular weight is 339 g/mol. The van der Waals surface area contributed by atoms with Gasteiger partial charge in [-0.2, -0.15) is 0 Å². The number of halogens is 1. The minimum Gasteiger partial charge on any atom is -0.383 e. The van der Waals surface area contributed by atoms with Crippen molar-refractivity contribution in [3.8, 4) is 0 Å². The highest BCUT2D eigenvalue weighted by molar-refractivity contribution is 6.30. The summed E-state index contributed by atoms with van der Waals surface area (Å²) < 4.78 is 4.93. The zero-order valence-electron chi connectivity index (χ0n) is 13.5. The molecular formula is C17H23ClN2O3. The molecule has 1 aromatic carbocycles. The molecule has 0 saturated carbocycles. The van der Waals surface area contributed by atoms with Gasteiger partial charge in [-0.3, -0.25) is 9.59 Å². The van der Waals surface area contributed by atoms with E-state index in [1.54, 1.807) is 36.3 Å². The van der Waals surface area contributed by atoms with Crippen LogP contribution in [0.4, 0.5) is 0 Å². The van der Waals surface area contributed by atoms with E-state index in [1.807, 2.05) is 6.92 Å². The van der Waals surface area contributed by atoms with Crippen LogP contribution in [0.25, 0.3) is 0 Å². The first kappa shape index (κ1) is 17.8. The monoisotopic (exact) mass is 338 g/mol. The van der Waals surface area contributed by atoms with Crippen molar-refractivity contribution in [3.05, 3.63) is 34.9 Å². The Balaban J connectivity index is 2.03. The molecule has 1 N–H and O–H groups in total. The van der Waals surface area contributed by atoms with Gasteiger partial charge in [0, 0.05) is 36.8 Å². The van der Waals surface area contributed by atoms with Crippen LogP contribution < -0.4 is 5.32 Å². The molecule has 1 aliphatic rings. The van der Waals surface area contributed by atoms with Crippen LogP contribution in [0.15, 0.2) is 24.3 Å². The number of rotatable bonds is 5. The Morgan fingerprint density at radius 1 is 1.39 bits per heavy atom. The SMILES string of the molecule is COCCNC(=O)[C@@H]1CC[C@@H](C)N(C(=O)c2cccc(Cl)c2)C1. The quantitative estimate of drug-likeness (QED) is 0.838. The van der Waals surface area contributed by atoms with Crippen molar-refractivity contribution in [3.63, 3.8) is 0 Å². The fourth-order valence-corrected chi connectivity index (χ4v) is 3.00. The summed E-state index contributed by atoms with van der Waals surface area (Å²) in [7, 11) is 1.60. The summed E-state index contributed by atoms with van der Waals surface area (Å²) in [6.45, 7) is 3.43. The normalized spacial score (nSPS) is 21.1. The molecule has 0 spiro atoms. The highest BCUT2D eigenvalue weighted by Gasteiger charge is 2.32. The van der Waals surface area contributed by atoms with Crippen LogP contribution in [0.1, 0.15) is 30.1 Å². The highest BCUT2D eigenvalue weighted by Crippen LogP contribution is 2.24. The van der Waals surface area contributed by atoms with E-state index in [4.69, 9.17) is 16.3 Å². The van der Waals surface area contributed by atoms with E-state index < -0.39 is 0 Å². The average Bonchev–Trinajstić information content (AvgIpc) is 2.54. The lowest BCUT2D eigenvalue weighted by molar-refractivity contribution is -0.126. The summed E-state index contributed by atoms with van der Waals surface area (Å²) >= 11 is 5.97. The Labute approximate surface area is 141 Å². The molecule has 2 rings (SSSR count). The third-order valence-electron chi connectivity index (χ3n) is 4.19. The summed E-state index contributed by atoms with van der Waals surface area (Å²) in [5.41, 5.74) is 0.560. The number of piperidine rings is 1. The molecule has 126 valence electrons. The standard InChI is InChI=1S/C17H23ClN2O3/c1-12-6-7-14(16(21)19-8-9-23-2)11-20(12)17(22)13-4-3-5-15(18)10-13/h3-5,10,12,14H,6-9,11H2,1-2H3,(H,19,21)/t12-,14-/m1/s1. The molecule has 0 unspecified atom stereocenters. The fraction of sp³-hybridized carbons (Fsp3) is 0.529. The second kappa shape index (κ2) is 8.31. The lowest BCUT2D eigenvalue weighted by atomic mass is 9.92. The third-order valence-corrected chi connectivity index (χ3v) is 4.43. The first-order valence-corrected chi connectivity index (χ1v) is 8.24. The van der Waals surface area contributed by atoms with Crippen molar-refractivity contribution in [1.82, 2.24) is 10.2 Å². The number of carbonyl (C=O) groups is 2. The van der Waals surface area contributed by atoms with E-state index in [0.29, 0.717) is 30.3 Å². The molecule has 0 aliphatic carbocycles. The number of likely N-dealkylation sites (tertiary alicyclic amines) is 1. The van der Waals surface area contributed by atoms with Crippen LogP contribution in [-0.4, -0.2) is 49.6 Å². The van der Waals surface area contributed by atoms with E-state index in [0.717, 1.165) is 12.8 Å². The van der Waals surface area contributed by atoms with Gasteiger partial charge in [-0.15, -0.1) is 0 Å². The van der Waals surface area contributed by atoms with Gasteiger partial charge >= 0.3 is 0 Å². The maximum atomic E-state index is 12.7. The van der Waals surface area contributed by atoms with Gasteiger partial charge in [0.1, 0.15) is 0 Å². The van der Waals surface area contributed by atoms with Crippen molar-refractivity contribution in [1.29, 1.82) is 0 Å². The van der Waals surface area contributed by atoms with Gasteiger partial charge in [-0.05, 0) is 38.0 Å². The van der Waals surface area contributed by atoms with Gasteiger partial charge in [0.15, 0.2) is 0 Å². The molecule has 1 aromatic rings. The number of methoxy groups -OCH3 is 1. The van der Waals surface area contributed by atoms with Gasteiger partial charge in [0.2, 0.25) is 5.91 Å². The van der Waals surface area contributed by atoms with E-state index in [1.165, 1.54) is 0 Å². The number of hydrogen-bond acceptors (Lipinski definition) is 3. The number of hydrogen-bond donors (Lipinski definition) is 1. The molecule has 1 aliphatic heterocycles. The molecule has 2 atom stereocenters. The Kier molecular flexibility index (Phi) is 6.42. The summed E-state index contributed by atoms with van der Waals surface area (Å²) in [5.74, 6) is -0.265. The summed E-state index contributed by atoms with van der Waals surface area (Å²) in [5, 5.41) is 3.39. The van der Waals surface area contributed by atoms with Crippen LogP contribution in [0.3, 0.4) is 0 Å². The minimum atomic E-state index is -0.175. The Hall–Kier alpha value is -1.59. The van der Waals surface area contributed by atoms with Crippen LogP contribution >= 0.6 is 11.6 Å². The molecule has 5 nitrogen and oxygen atoms in total. The predicted molar refractivity (Wildman–Crippen MR) is 89.6 cm³/mol. The fourth-order valence-electron chi connectivity index (χ4n) is 2.81. The Bertz CT molecular complexity index is 565. The Morgan fingerprint density at radius 2 is 2.17 bits per heavy atom. The van der Waals surface area contributed by atoms with Gasteiger partial charge in [0.05, 0.1) is 12.5 Å². The molecule has 0 bridgehead atoms. The summed E-state index contributed by atoms with van der Waals surface area (Å²) in [6.07, 6.45) is 1.61. The number of amides is 2. The third kappa shape index (κ3) is 4.69. The lowest BCUT2D eigenvalue weighted by Gasteiger charge is -2.37. The van der Waals surface area contributed by atoms with E-state index in [-0.39, 0.29) is 23.8 Å². The lowest BCUT2D eigenvalue weighted by Crippen LogP contribution is -2.49. The van der Waals surface area contributed by atoms with Gasteiger partial charge < -0.3 is 15.0 Å². The van der Waals surface area contributed by atoms with Crippen molar-refractivity contribution >= 4 is 23.4 Å². The van der Waals surface area contributed by atoms with Crippen LogP contribution in [0.2, 0.25) is 5.02 Å². The number of nitrogens with one attached hydrogen (secondary N) is 1.